The quantitative estimate of drug-likeness (QED) is 0.294. The van der Waals surface area contributed by atoms with E-state index in [2.05, 4.69) is 78.2 Å². The van der Waals surface area contributed by atoms with Gasteiger partial charge in [0.15, 0.2) is 0 Å². The molecule has 7 heteroatoms. The number of hydrogen-bond donors (Lipinski definition) is 0. The number of carbonyl (C=O) groups is 1. The smallest absolute Gasteiger partial charge is 0.273 e. The Morgan fingerprint density at radius 2 is 1.77 bits per heavy atom. The molecule has 1 saturated carbocycles. The highest BCUT2D eigenvalue weighted by Gasteiger charge is 2.33. The van der Waals surface area contributed by atoms with Crippen molar-refractivity contribution in [3.63, 3.8) is 0 Å². The van der Waals surface area contributed by atoms with Crippen molar-refractivity contribution in [2.45, 2.75) is 38.3 Å². The van der Waals surface area contributed by atoms with Crippen LogP contribution in [0, 0.1) is 0 Å². The van der Waals surface area contributed by atoms with Gasteiger partial charge in [-0.2, -0.15) is 0 Å². The van der Waals surface area contributed by atoms with E-state index < -0.39 is 0 Å². The predicted octanol–water partition coefficient (Wildman–Crippen LogP) is 5.86. The van der Waals surface area contributed by atoms with Gasteiger partial charge >= 0.3 is 0 Å². The van der Waals surface area contributed by atoms with Crippen molar-refractivity contribution in [2.24, 2.45) is 0 Å². The van der Waals surface area contributed by atoms with E-state index in [4.69, 9.17) is 0 Å². The third kappa shape index (κ3) is 4.65. The van der Waals surface area contributed by atoms with Crippen LogP contribution >= 0.6 is 15.9 Å². The van der Waals surface area contributed by atoms with Crippen LogP contribution in [0.4, 0.5) is 5.82 Å². The zero-order valence-electron chi connectivity index (χ0n) is 19.4. The number of nitrogens with zero attached hydrogens (tertiary/aromatic N) is 5. The molecule has 2 aliphatic rings. The lowest BCUT2D eigenvalue weighted by Crippen LogP contribution is -2.33. The molecule has 1 amide bonds. The summed E-state index contributed by atoms with van der Waals surface area (Å²) in [5.74, 6) is 1.01. The maximum Gasteiger partial charge on any atom is 0.273 e. The molecule has 176 valence electrons. The Morgan fingerprint density at radius 1 is 0.971 bits per heavy atom. The zero-order valence-corrected chi connectivity index (χ0v) is 21.0. The highest BCUT2D eigenvalue weighted by atomic mass is 79.9. The molecule has 2 aromatic heterocycles. The van der Waals surface area contributed by atoms with Crippen LogP contribution in [0.3, 0.4) is 0 Å². The van der Waals surface area contributed by atoms with Crippen LogP contribution < -0.4 is 4.90 Å². The number of anilines is 1. The van der Waals surface area contributed by atoms with Crippen LogP contribution in [0.2, 0.25) is 0 Å². The van der Waals surface area contributed by atoms with Gasteiger partial charge in [-0.3, -0.25) is 4.79 Å². The number of rotatable bonds is 6. The van der Waals surface area contributed by atoms with Crippen LogP contribution in [0.15, 0.2) is 71.6 Å². The minimum atomic E-state index is -0.0164. The number of halogens is 1. The summed E-state index contributed by atoms with van der Waals surface area (Å²) in [5.41, 5.74) is 4.82. The Hall–Kier alpha value is -3.32. The fourth-order valence-corrected chi connectivity index (χ4v) is 5.22. The van der Waals surface area contributed by atoms with Gasteiger partial charge in [0.1, 0.15) is 22.4 Å². The van der Waals surface area contributed by atoms with E-state index in [1.54, 1.807) is 12.4 Å². The second-order valence-electron chi connectivity index (χ2n) is 9.33. The van der Waals surface area contributed by atoms with Crippen molar-refractivity contribution < 1.29 is 4.79 Å². The topological polar surface area (TPSA) is 62.2 Å². The number of amides is 1. The molecule has 2 aromatic carbocycles. The van der Waals surface area contributed by atoms with E-state index in [0.717, 1.165) is 59.3 Å². The Labute approximate surface area is 213 Å². The highest BCUT2D eigenvalue weighted by molar-refractivity contribution is 9.10. The third-order valence-corrected chi connectivity index (χ3v) is 7.26. The molecule has 2 fully saturated rings. The molecular formula is C28H26BrN5O. The van der Waals surface area contributed by atoms with E-state index in [0.29, 0.717) is 16.8 Å². The molecule has 35 heavy (non-hydrogen) atoms. The Balaban J connectivity index is 1.30. The number of aromatic nitrogens is 3. The molecule has 0 unspecified atom stereocenters. The highest BCUT2D eigenvalue weighted by Crippen LogP contribution is 2.33. The van der Waals surface area contributed by atoms with E-state index in [1.807, 2.05) is 17.0 Å². The van der Waals surface area contributed by atoms with Gasteiger partial charge in [0, 0.05) is 31.1 Å². The van der Waals surface area contributed by atoms with Crippen LogP contribution in [0.25, 0.3) is 22.0 Å². The van der Waals surface area contributed by atoms with Gasteiger partial charge in [0.25, 0.3) is 5.91 Å². The van der Waals surface area contributed by atoms with Gasteiger partial charge in [-0.15, -0.1) is 0 Å². The fraction of sp³-hybridized carbons (Fsp3) is 0.286. The first-order chi connectivity index (χ1) is 17.2. The van der Waals surface area contributed by atoms with E-state index in [1.165, 1.54) is 12.8 Å². The van der Waals surface area contributed by atoms with E-state index in [9.17, 15) is 4.79 Å². The average molecular weight is 528 g/mol. The van der Waals surface area contributed by atoms with Crippen LogP contribution in [-0.4, -0.2) is 44.9 Å². The van der Waals surface area contributed by atoms with Gasteiger partial charge in [-0.25, -0.2) is 15.0 Å². The maximum atomic E-state index is 13.3. The second-order valence-corrected chi connectivity index (χ2v) is 10.1. The summed E-state index contributed by atoms with van der Waals surface area (Å²) in [4.78, 5) is 31.1. The van der Waals surface area contributed by atoms with Crippen molar-refractivity contribution in [3.05, 3.63) is 82.9 Å². The first kappa shape index (κ1) is 22.2. The lowest BCUT2D eigenvalue weighted by atomic mass is 10.0. The van der Waals surface area contributed by atoms with Gasteiger partial charge in [0.05, 0.1) is 5.52 Å². The van der Waals surface area contributed by atoms with Crippen molar-refractivity contribution in [2.75, 3.05) is 18.0 Å². The molecule has 1 saturated heterocycles. The van der Waals surface area contributed by atoms with Gasteiger partial charge in [-0.1, -0.05) is 30.3 Å². The number of fused-ring (bicyclic) bond motifs is 1. The average Bonchev–Trinajstić information content (AvgIpc) is 3.59. The van der Waals surface area contributed by atoms with Crippen LogP contribution in [0.5, 0.6) is 0 Å². The zero-order chi connectivity index (χ0) is 23.8. The summed E-state index contributed by atoms with van der Waals surface area (Å²) >= 11 is 3.38. The second kappa shape index (κ2) is 9.38. The molecule has 0 spiro atoms. The van der Waals surface area contributed by atoms with Crippen molar-refractivity contribution >= 4 is 38.6 Å². The molecule has 1 aliphatic carbocycles. The minimum Gasteiger partial charge on any atom is -0.356 e. The molecule has 3 heterocycles. The van der Waals surface area contributed by atoms with E-state index in [-0.39, 0.29) is 11.9 Å². The number of pyridine rings is 1. The summed E-state index contributed by atoms with van der Waals surface area (Å²) in [5, 5.41) is 1.09. The summed E-state index contributed by atoms with van der Waals surface area (Å²) in [6.45, 7) is 2.66. The van der Waals surface area contributed by atoms with Gasteiger partial charge in [0.2, 0.25) is 0 Å². The summed E-state index contributed by atoms with van der Waals surface area (Å²) in [6, 6.07) is 20.7. The molecule has 0 bridgehead atoms. The fourth-order valence-electron chi connectivity index (χ4n) is 4.88. The maximum absolute atomic E-state index is 13.3. The predicted molar refractivity (Wildman–Crippen MR) is 141 cm³/mol. The first-order valence-corrected chi connectivity index (χ1v) is 13.0. The standard InChI is InChI=1S/C28H26BrN5O/c29-26-8-4-7-25(32-26)28(35)34(22-10-11-22)17-19-5-3-6-20(15-19)21-9-12-24-23(16-21)27(31-18-30-24)33-13-1-2-14-33/h3-9,12,15-16,18,22H,1-2,10-11,13-14,17H2. The van der Waals surface area contributed by atoms with Crippen molar-refractivity contribution in [3.8, 4) is 11.1 Å². The lowest BCUT2D eigenvalue weighted by Gasteiger charge is -2.22. The van der Waals surface area contributed by atoms with Crippen LogP contribution in [0.1, 0.15) is 41.7 Å². The minimum absolute atomic E-state index is 0.0164. The Bertz CT molecular complexity index is 1400. The van der Waals surface area contributed by atoms with Crippen LogP contribution in [-0.2, 0) is 6.54 Å². The largest absolute Gasteiger partial charge is 0.356 e. The Kier molecular flexibility index (Phi) is 5.94. The molecule has 0 N–H and O–H groups in total. The third-order valence-electron chi connectivity index (χ3n) is 6.82. The molecule has 1 aliphatic heterocycles. The van der Waals surface area contributed by atoms with Crippen molar-refractivity contribution in [1.29, 1.82) is 0 Å². The molecule has 6 nitrogen and oxygen atoms in total. The van der Waals surface area contributed by atoms with Gasteiger partial charge < -0.3 is 9.80 Å². The summed E-state index contributed by atoms with van der Waals surface area (Å²) in [7, 11) is 0. The monoisotopic (exact) mass is 527 g/mol. The van der Waals surface area contributed by atoms with Crippen molar-refractivity contribution in [1.82, 2.24) is 19.9 Å². The van der Waals surface area contributed by atoms with Gasteiger partial charge in [-0.05, 0) is 88.6 Å². The Morgan fingerprint density at radius 3 is 2.57 bits per heavy atom. The molecular weight excluding hydrogens is 502 g/mol. The first-order valence-electron chi connectivity index (χ1n) is 12.2. The molecule has 6 rings (SSSR count). The lowest BCUT2D eigenvalue weighted by molar-refractivity contribution is 0.0723. The SMILES string of the molecule is O=C(c1cccc(Br)n1)N(Cc1cccc(-c2ccc3ncnc(N4CCCC4)c3c2)c1)C1CC1. The number of hydrogen-bond acceptors (Lipinski definition) is 5. The molecule has 0 atom stereocenters. The normalized spacial score (nSPS) is 15.5. The number of benzene rings is 2. The summed E-state index contributed by atoms with van der Waals surface area (Å²) in [6.07, 6.45) is 6.17. The number of carbonyl (C=O) groups excluding carboxylic acids is 1. The van der Waals surface area contributed by atoms with E-state index >= 15 is 0 Å². The molecule has 4 aromatic rings. The molecule has 0 radical (unpaired) electrons. The summed E-state index contributed by atoms with van der Waals surface area (Å²) < 4.78 is 0.676.